The van der Waals surface area contributed by atoms with Crippen molar-refractivity contribution in [2.24, 2.45) is 16.6 Å². The van der Waals surface area contributed by atoms with Crippen LogP contribution in [-0.4, -0.2) is 19.1 Å². The topological polar surface area (TPSA) is 38.0 Å². The number of nitrogens with two attached hydrogens (primary N) is 1. The molecule has 1 unspecified atom stereocenters. The molecule has 0 aliphatic heterocycles. The van der Waals surface area contributed by atoms with Gasteiger partial charge in [0.25, 0.3) is 0 Å². The van der Waals surface area contributed by atoms with Gasteiger partial charge in [-0.15, -0.1) is 0 Å². The quantitative estimate of drug-likeness (QED) is 0.720. The largest absolute Gasteiger partial charge is 0.330 e. The van der Waals surface area contributed by atoms with Crippen molar-refractivity contribution < 1.29 is 0 Å². The van der Waals surface area contributed by atoms with Crippen LogP contribution in [0.25, 0.3) is 0 Å². The lowest BCUT2D eigenvalue weighted by molar-refractivity contribution is 0.352. The van der Waals surface area contributed by atoms with Crippen molar-refractivity contribution in [1.82, 2.24) is 5.32 Å². The predicted molar refractivity (Wildman–Crippen MR) is 60.1 cm³/mol. The molecular formula is C12H24N2. The minimum atomic E-state index is 0.493. The number of hydrogen-bond acceptors (Lipinski definition) is 2. The minimum Gasteiger partial charge on any atom is -0.330 e. The van der Waals surface area contributed by atoms with Crippen LogP contribution in [0.3, 0.4) is 0 Å². The van der Waals surface area contributed by atoms with Crippen molar-refractivity contribution in [3.05, 3.63) is 0 Å². The first-order chi connectivity index (χ1) is 6.55. The van der Waals surface area contributed by atoms with Crippen LogP contribution in [0.1, 0.15) is 46.0 Å². The van der Waals surface area contributed by atoms with Crippen molar-refractivity contribution in [2.75, 3.05) is 13.1 Å². The standard InChI is InChI=1S/C12H24N2/c1-11(2)4-3-10(7-11)14-9-12(8-13)5-6-12/h10,14H,3-9,13H2,1-2H3. The summed E-state index contributed by atoms with van der Waals surface area (Å²) in [4.78, 5) is 0. The average Bonchev–Trinajstić information content (AvgIpc) is 2.84. The molecule has 2 rings (SSSR count). The Morgan fingerprint density at radius 2 is 2.00 bits per heavy atom. The highest BCUT2D eigenvalue weighted by atomic mass is 15.0. The van der Waals surface area contributed by atoms with E-state index in [0.29, 0.717) is 10.8 Å². The van der Waals surface area contributed by atoms with Crippen molar-refractivity contribution in [3.63, 3.8) is 0 Å². The van der Waals surface area contributed by atoms with Crippen LogP contribution in [0.5, 0.6) is 0 Å². The molecule has 0 aromatic rings. The third-order valence-electron chi connectivity index (χ3n) is 4.12. The highest BCUT2D eigenvalue weighted by Crippen LogP contribution is 2.44. The van der Waals surface area contributed by atoms with Gasteiger partial charge in [-0.05, 0) is 49.5 Å². The van der Waals surface area contributed by atoms with Crippen LogP contribution < -0.4 is 11.1 Å². The van der Waals surface area contributed by atoms with Crippen molar-refractivity contribution in [2.45, 2.75) is 52.0 Å². The van der Waals surface area contributed by atoms with Gasteiger partial charge in [-0.1, -0.05) is 13.8 Å². The lowest BCUT2D eigenvalue weighted by Crippen LogP contribution is -2.35. The molecule has 0 bridgehead atoms. The molecule has 3 N–H and O–H groups in total. The smallest absolute Gasteiger partial charge is 0.00725 e. The van der Waals surface area contributed by atoms with Crippen molar-refractivity contribution >= 4 is 0 Å². The fourth-order valence-corrected chi connectivity index (χ4v) is 2.60. The van der Waals surface area contributed by atoms with E-state index in [0.717, 1.165) is 19.1 Å². The average molecular weight is 196 g/mol. The summed E-state index contributed by atoms with van der Waals surface area (Å²) in [5, 5.41) is 3.71. The predicted octanol–water partition coefficient (Wildman–Crippen LogP) is 1.89. The summed E-state index contributed by atoms with van der Waals surface area (Å²) in [6.45, 7) is 6.79. The summed E-state index contributed by atoms with van der Waals surface area (Å²) in [6.07, 6.45) is 6.75. The first kappa shape index (κ1) is 10.4. The summed E-state index contributed by atoms with van der Waals surface area (Å²) in [5.74, 6) is 0. The Bertz CT molecular complexity index is 206. The molecule has 14 heavy (non-hydrogen) atoms. The Hall–Kier alpha value is -0.0800. The number of rotatable bonds is 4. The lowest BCUT2D eigenvalue weighted by Gasteiger charge is -2.20. The zero-order valence-corrected chi connectivity index (χ0v) is 9.60. The van der Waals surface area contributed by atoms with Gasteiger partial charge >= 0.3 is 0 Å². The van der Waals surface area contributed by atoms with Crippen LogP contribution in [-0.2, 0) is 0 Å². The molecule has 0 aromatic carbocycles. The maximum Gasteiger partial charge on any atom is 0.00725 e. The Kier molecular flexibility index (Phi) is 2.61. The van der Waals surface area contributed by atoms with Crippen LogP contribution in [0.15, 0.2) is 0 Å². The molecule has 0 saturated heterocycles. The van der Waals surface area contributed by atoms with Gasteiger partial charge in [-0.3, -0.25) is 0 Å². The number of hydrogen-bond donors (Lipinski definition) is 2. The van der Waals surface area contributed by atoms with Crippen LogP contribution >= 0.6 is 0 Å². The molecule has 0 amide bonds. The molecule has 2 heteroatoms. The van der Waals surface area contributed by atoms with Gasteiger partial charge in [0.15, 0.2) is 0 Å². The molecular weight excluding hydrogens is 172 g/mol. The Morgan fingerprint density at radius 3 is 2.43 bits per heavy atom. The van der Waals surface area contributed by atoms with Crippen LogP contribution in [0, 0.1) is 10.8 Å². The van der Waals surface area contributed by atoms with Gasteiger partial charge < -0.3 is 11.1 Å². The molecule has 2 saturated carbocycles. The maximum atomic E-state index is 5.77. The fraction of sp³-hybridized carbons (Fsp3) is 1.00. The van der Waals surface area contributed by atoms with E-state index in [1.807, 2.05) is 0 Å². The highest BCUT2D eigenvalue weighted by molar-refractivity contribution is 4.97. The van der Waals surface area contributed by atoms with E-state index in [4.69, 9.17) is 5.73 Å². The van der Waals surface area contributed by atoms with Gasteiger partial charge in [-0.25, -0.2) is 0 Å². The summed E-state index contributed by atoms with van der Waals surface area (Å²) >= 11 is 0. The molecule has 2 aliphatic carbocycles. The van der Waals surface area contributed by atoms with E-state index in [-0.39, 0.29) is 0 Å². The third-order valence-corrected chi connectivity index (χ3v) is 4.12. The minimum absolute atomic E-state index is 0.493. The number of nitrogens with one attached hydrogen (secondary N) is 1. The molecule has 0 aromatic heterocycles. The monoisotopic (exact) mass is 196 g/mol. The summed E-state index contributed by atoms with van der Waals surface area (Å²) < 4.78 is 0. The van der Waals surface area contributed by atoms with E-state index in [1.54, 1.807) is 0 Å². The Balaban J connectivity index is 1.72. The maximum absolute atomic E-state index is 5.77. The summed E-state index contributed by atoms with van der Waals surface area (Å²) in [6, 6.07) is 0.758. The van der Waals surface area contributed by atoms with Crippen LogP contribution in [0.4, 0.5) is 0 Å². The fourth-order valence-electron chi connectivity index (χ4n) is 2.60. The molecule has 0 heterocycles. The zero-order chi connectivity index (χ0) is 10.2. The summed E-state index contributed by atoms with van der Waals surface area (Å²) in [7, 11) is 0. The Morgan fingerprint density at radius 1 is 1.29 bits per heavy atom. The van der Waals surface area contributed by atoms with Gasteiger partial charge in [0, 0.05) is 12.6 Å². The highest BCUT2D eigenvalue weighted by Gasteiger charge is 2.42. The third kappa shape index (κ3) is 2.29. The molecule has 1 atom stereocenters. The zero-order valence-electron chi connectivity index (χ0n) is 9.60. The molecule has 2 nitrogen and oxygen atoms in total. The van der Waals surface area contributed by atoms with Crippen molar-refractivity contribution in [1.29, 1.82) is 0 Å². The summed E-state index contributed by atoms with van der Waals surface area (Å²) in [5.41, 5.74) is 6.83. The lowest BCUT2D eigenvalue weighted by atomic mass is 9.92. The van der Waals surface area contributed by atoms with Gasteiger partial charge in [0.05, 0.1) is 0 Å². The molecule has 2 fully saturated rings. The SMILES string of the molecule is CC1(C)CCC(NCC2(CN)CC2)C1. The van der Waals surface area contributed by atoms with E-state index in [2.05, 4.69) is 19.2 Å². The first-order valence-electron chi connectivity index (χ1n) is 5.99. The second-order valence-electron chi connectivity index (χ2n) is 6.19. The molecule has 0 radical (unpaired) electrons. The Labute approximate surface area is 87.6 Å². The molecule has 82 valence electrons. The normalized spacial score (nSPS) is 33.2. The van der Waals surface area contributed by atoms with Gasteiger partial charge in [0.2, 0.25) is 0 Å². The van der Waals surface area contributed by atoms with Gasteiger partial charge in [-0.2, -0.15) is 0 Å². The van der Waals surface area contributed by atoms with E-state index in [1.165, 1.54) is 32.1 Å². The van der Waals surface area contributed by atoms with Crippen LogP contribution in [0.2, 0.25) is 0 Å². The van der Waals surface area contributed by atoms with Gasteiger partial charge in [0.1, 0.15) is 0 Å². The van der Waals surface area contributed by atoms with E-state index >= 15 is 0 Å². The van der Waals surface area contributed by atoms with E-state index < -0.39 is 0 Å². The van der Waals surface area contributed by atoms with E-state index in [9.17, 15) is 0 Å². The second kappa shape index (κ2) is 3.49. The first-order valence-corrected chi connectivity index (χ1v) is 5.99. The molecule has 0 spiro atoms. The second-order valence-corrected chi connectivity index (χ2v) is 6.19. The van der Waals surface area contributed by atoms with Crippen molar-refractivity contribution in [3.8, 4) is 0 Å². The molecule has 2 aliphatic rings.